The molecule has 0 saturated carbocycles. The molecule has 1 aromatic carbocycles. The summed E-state index contributed by atoms with van der Waals surface area (Å²) in [5.41, 5.74) is 0.655. The minimum atomic E-state index is -3.63. The second-order valence-corrected chi connectivity index (χ2v) is 9.43. The van der Waals surface area contributed by atoms with Gasteiger partial charge in [-0.05, 0) is 44.8 Å². The molecule has 1 aromatic heterocycles. The molecule has 0 aliphatic heterocycles. The number of sulfonamides is 1. The van der Waals surface area contributed by atoms with Crippen molar-refractivity contribution in [2.75, 3.05) is 38.0 Å². The van der Waals surface area contributed by atoms with Crippen molar-refractivity contribution in [3.63, 3.8) is 0 Å². The lowest BCUT2D eigenvalue weighted by Crippen LogP contribution is -2.36. The predicted molar refractivity (Wildman–Crippen MR) is 106 cm³/mol. The van der Waals surface area contributed by atoms with E-state index in [2.05, 4.69) is 5.32 Å². The molecule has 6 nitrogen and oxygen atoms in total. The Morgan fingerprint density at radius 3 is 2.38 bits per heavy atom. The third-order valence-corrected chi connectivity index (χ3v) is 7.16. The van der Waals surface area contributed by atoms with Crippen molar-refractivity contribution in [3.05, 3.63) is 47.3 Å². The monoisotopic (exact) mass is 395 g/mol. The van der Waals surface area contributed by atoms with Crippen molar-refractivity contribution in [2.45, 2.75) is 17.6 Å². The summed E-state index contributed by atoms with van der Waals surface area (Å²) in [6, 6.07) is 12.6. The first-order valence-corrected chi connectivity index (χ1v) is 10.6. The van der Waals surface area contributed by atoms with E-state index in [-0.39, 0.29) is 5.91 Å². The summed E-state index contributed by atoms with van der Waals surface area (Å²) in [6.07, 6.45) is 0.614. The fourth-order valence-corrected chi connectivity index (χ4v) is 5.30. The van der Waals surface area contributed by atoms with E-state index in [0.29, 0.717) is 36.0 Å². The number of thiophene rings is 1. The second-order valence-electron chi connectivity index (χ2n) is 6.17. The van der Waals surface area contributed by atoms with Gasteiger partial charge in [0.25, 0.3) is 10.0 Å². The van der Waals surface area contributed by atoms with Gasteiger partial charge in [-0.3, -0.25) is 9.10 Å². The standard InChI is InChI=1S/C18H25N3O3S2/c1-15(22)19-12-11-17-9-10-18(25-17)26(23,24)21(14-13-20(2)3)16-7-5-4-6-8-16/h4-10H,11-14H2,1-3H3,(H,19,22). The number of para-hydroxylation sites is 1. The average molecular weight is 396 g/mol. The molecule has 2 rings (SSSR count). The molecular weight excluding hydrogens is 370 g/mol. The van der Waals surface area contributed by atoms with Gasteiger partial charge in [0.15, 0.2) is 0 Å². The molecule has 8 heteroatoms. The maximum absolute atomic E-state index is 13.2. The zero-order chi connectivity index (χ0) is 19.2. The first kappa shape index (κ1) is 20.4. The number of hydrogen-bond donors (Lipinski definition) is 1. The van der Waals surface area contributed by atoms with Crippen LogP contribution in [-0.2, 0) is 21.2 Å². The highest BCUT2D eigenvalue weighted by Gasteiger charge is 2.26. The largest absolute Gasteiger partial charge is 0.356 e. The van der Waals surface area contributed by atoms with Crippen molar-refractivity contribution < 1.29 is 13.2 Å². The number of anilines is 1. The molecule has 0 atom stereocenters. The Bertz CT molecular complexity index is 817. The van der Waals surface area contributed by atoms with E-state index in [1.54, 1.807) is 18.2 Å². The van der Waals surface area contributed by atoms with Crippen molar-refractivity contribution in [3.8, 4) is 0 Å². The highest BCUT2D eigenvalue weighted by atomic mass is 32.2. The molecule has 0 aliphatic rings. The van der Waals surface area contributed by atoms with Crippen LogP contribution >= 0.6 is 11.3 Å². The summed E-state index contributed by atoms with van der Waals surface area (Å²) in [7, 11) is 0.203. The minimum Gasteiger partial charge on any atom is -0.356 e. The Hall–Kier alpha value is -1.90. The Balaban J connectivity index is 2.23. The van der Waals surface area contributed by atoms with E-state index in [4.69, 9.17) is 0 Å². The molecule has 1 heterocycles. The van der Waals surface area contributed by atoms with E-state index in [9.17, 15) is 13.2 Å². The normalized spacial score (nSPS) is 11.5. The third-order valence-electron chi connectivity index (χ3n) is 3.72. The summed E-state index contributed by atoms with van der Waals surface area (Å²) < 4.78 is 28.1. The molecule has 0 aliphatic carbocycles. The first-order valence-electron chi connectivity index (χ1n) is 8.36. The fraction of sp³-hybridized carbons (Fsp3) is 0.389. The molecule has 0 saturated heterocycles. The Kier molecular flexibility index (Phi) is 7.19. The van der Waals surface area contributed by atoms with E-state index < -0.39 is 10.0 Å². The molecule has 142 valence electrons. The smallest absolute Gasteiger partial charge is 0.273 e. The zero-order valence-electron chi connectivity index (χ0n) is 15.3. The van der Waals surface area contributed by atoms with Crippen LogP contribution in [0.25, 0.3) is 0 Å². The van der Waals surface area contributed by atoms with Crippen LogP contribution in [0, 0.1) is 0 Å². The Labute approximate surface area is 159 Å². The number of carbonyl (C=O) groups is 1. The molecule has 1 N–H and O–H groups in total. The number of benzene rings is 1. The molecular formula is C18H25N3O3S2. The van der Waals surface area contributed by atoms with Gasteiger partial charge in [0, 0.05) is 31.4 Å². The predicted octanol–water partition coefficient (Wildman–Crippen LogP) is 2.18. The van der Waals surface area contributed by atoms with Crippen molar-refractivity contribution in [1.29, 1.82) is 0 Å². The number of rotatable bonds is 9. The van der Waals surface area contributed by atoms with Gasteiger partial charge in [-0.2, -0.15) is 0 Å². The van der Waals surface area contributed by atoms with Gasteiger partial charge in [-0.15, -0.1) is 11.3 Å². The van der Waals surface area contributed by atoms with Gasteiger partial charge in [0.05, 0.1) is 5.69 Å². The van der Waals surface area contributed by atoms with Crippen molar-refractivity contribution in [1.82, 2.24) is 10.2 Å². The van der Waals surface area contributed by atoms with Crippen molar-refractivity contribution in [2.24, 2.45) is 0 Å². The quantitative estimate of drug-likeness (QED) is 0.707. The van der Waals surface area contributed by atoms with E-state index in [1.807, 2.05) is 43.3 Å². The molecule has 2 aromatic rings. The van der Waals surface area contributed by atoms with Gasteiger partial charge >= 0.3 is 0 Å². The number of amides is 1. The number of nitrogens with one attached hydrogen (secondary N) is 1. The van der Waals surface area contributed by atoms with Crippen LogP contribution in [0.4, 0.5) is 5.69 Å². The van der Waals surface area contributed by atoms with Gasteiger partial charge in [-0.25, -0.2) is 8.42 Å². The highest BCUT2D eigenvalue weighted by molar-refractivity contribution is 7.94. The molecule has 0 radical (unpaired) electrons. The van der Waals surface area contributed by atoms with Gasteiger partial charge in [0.2, 0.25) is 5.91 Å². The van der Waals surface area contributed by atoms with Crippen LogP contribution in [0.15, 0.2) is 46.7 Å². The minimum absolute atomic E-state index is 0.0895. The van der Waals surface area contributed by atoms with Crippen molar-refractivity contribution >= 4 is 33.0 Å². The molecule has 0 fully saturated rings. The average Bonchev–Trinajstić information content (AvgIpc) is 3.05. The third kappa shape index (κ3) is 5.55. The summed E-state index contributed by atoms with van der Waals surface area (Å²) in [4.78, 5) is 13.8. The maximum atomic E-state index is 13.2. The number of nitrogens with zero attached hydrogens (tertiary/aromatic N) is 2. The molecule has 1 amide bonds. The van der Waals surface area contributed by atoms with Crippen LogP contribution in [0.5, 0.6) is 0 Å². The molecule has 0 bridgehead atoms. The van der Waals surface area contributed by atoms with Gasteiger partial charge < -0.3 is 10.2 Å². The van der Waals surface area contributed by atoms with Gasteiger partial charge in [0.1, 0.15) is 4.21 Å². The summed E-state index contributed by atoms with van der Waals surface area (Å²) in [5.74, 6) is -0.0895. The van der Waals surface area contributed by atoms with E-state index in [1.165, 1.54) is 22.6 Å². The molecule has 0 unspecified atom stereocenters. The topological polar surface area (TPSA) is 69.7 Å². The molecule has 0 spiro atoms. The van der Waals surface area contributed by atoms with Crippen LogP contribution < -0.4 is 9.62 Å². The second kappa shape index (κ2) is 9.16. The Morgan fingerprint density at radius 1 is 1.08 bits per heavy atom. The maximum Gasteiger partial charge on any atom is 0.273 e. The van der Waals surface area contributed by atoms with E-state index in [0.717, 1.165) is 4.88 Å². The van der Waals surface area contributed by atoms with Crippen LogP contribution in [-0.4, -0.2) is 53.0 Å². The Morgan fingerprint density at radius 2 is 1.77 bits per heavy atom. The molecule has 26 heavy (non-hydrogen) atoms. The zero-order valence-corrected chi connectivity index (χ0v) is 16.9. The fourth-order valence-electron chi connectivity index (χ4n) is 2.37. The van der Waals surface area contributed by atoms with Crippen LogP contribution in [0.2, 0.25) is 0 Å². The summed E-state index contributed by atoms with van der Waals surface area (Å²) in [5, 5.41) is 2.73. The van der Waals surface area contributed by atoms with E-state index >= 15 is 0 Å². The lowest BCUT2D eigenvalue weighted by molar-refractivity contribution is -0.118. The SMILES string of the molecule is CC(=O)NCCc1ccc(S(=O)(=O)N(CCN(C)C)c2ccccc2)s1. The highest BCUT2D eigenvalue weighted by Crippen LogP contribution is 2.28. The summed E-state index contributed by atoms with van der Waals surface area (Å²) >= 11 is 1.25. The van der Waals surface area contributed by atoms with Crippen LogP contribution in [0.1, 0.15) is 11.8 Å². The first-order chi connectivity index (χ1) is 12.3. The van der Waals surface area contributed by atoms with Crippen LogP contribution in [0.3, 0.4) is 0 Å². The lowest BCUT2D eigenvalue weighted by Gasteiger charge is -2.25. The lowest BCUT2D eigenvalue weighted by atomic mass is 10.3. The summed E-state index contributed by atoms with van der Waals surface area (Å²) in [6.45, 7) is 2.96. The number of carbonyl (C=O) groups excluding carboxylic acids is 1. The number of hydrogen-bond acceptors (Lipinski definition) is 5. The number of likely N-dealkylation sites (N-methyl/N-ethyl adjacent to an activating group) is 1. The van der Waals surface area contributed by atoms with Gasteiger partial charge in [-0.1, -0.05) is 18.2 Å².